The van der Waals surface area contributed by atoms with Gasteiger partial charge in [-0.1, -0.05) is 6.07 Å². The van der Waals surface area contributed by atoms with E-state index >= 15 is 0 Å². The Kier molecular flexibility index (Phi) is 4.58. The zero-order valence-corrected chi connectivity index (χ0v) is 19.2. The average molecular weight is 457 g/mol. The highest BCUT2D eigenvalue weighted by molar-refractivity contribution is 5.87. The number of benzene rings is 1. The number of rotatable bonds is 6. The van der Waals surface area contributed by atoms with E-state index in [-0.39, 0.29) is 5.56 Å². The second-order valence-corrected chi connectivity index (χ2v) is 9.65. The molecule has 1 aliphatic carbocycles. The van der Waals surface area contributed by atoms with Crippen molar-refractivity contribution < 1.29 is 0 Å². The first kappa shape index (κ1) is 20.0. The zero-order valence-electron chi connectivity index (χ0n) is 19.2. The molecule has 2 aliphatic heterocycles. The standard InChI is InChI=1S/C25H28N8O/c34-24-19-15-17(3-6-20(19)27-16-31(24)14-13-30-9-1-2-10-30)23-22(28-25-26-8-12-32(23)25)21-7-11-33(29-21)18-4-5-18/h3,6-7,11,15-16,18H,1-2,4-5,8-10,12-14H2,(H,26,28). The van der Waals surface area contributed by atoms with Crippen molar-refractivity contribution in [3.63, 3.8) is 0 Å². The number of nitrogens with one attached hydrogen (secondary N) is 1. The molecule has 174 valence electrons. The maximum Gasteiger partial charge on any atom is 0.261 e. The van der Waals surface area contributed by atoms with Gasteiger partial charge in [0.15, 0.2) is 0 Å². The molecule has 1 aromatic carbocycles. The summed E-state index contributed by atoms with van der Waals surface area (Å²) in [5.74, 6) is 0.861. The number of anilines is 1. The molecule has 2 fully saturated rings. The Morgan fingerprint density at radius 3 is 2.79 bits per heavy atom. The first-order valence-electron chi connectivity index (χ1n) is 12.4. The molecule has 5 heterocycles. The van der Waals surface area contributed by atoms with Crippen molar-refractivity contribution in [2.75, 3.05) is 31.5 Å². The lowest BCUT2D eigenvalue weighted by molar-refractivity contribution is 0.320. The van der Waals surface area contributed by atoms with E-state index in [2.05, 4.69) is 30.6 Å². The summed E-state index contributed by atoms with van der Waals surface area (Å²) in [6, 6.07) is 8.56. The quantitative estimate of drug-likeness (QED) is 0.480. The van der Waals surface area contributed by atoms with Crippen molar-refractivity contribution in [1.82, 2.24) is 33.8 Å². The fraction of sp³-hybridized carbons (Fsp3) is 0.440. The van der Waals surface area contributed by atoms with Gasteiger partial charge in [-0.05, 0) is 57.0 Å². The smallest absolute Gasteiger partial charge is 0.261 e. The van der Waals surface area contributed by atoms with Crippen molar-refractivity contribution in [2.45, 2.75) is 44.8 Å². The first-order valence-corrected chi connectivity index (χ1v) is 12.4. The van der Waals surface area contributed by atoms with Gasteiger partial charge in [-0.25, -0.2) is 9.97 Å². The molecule has 4 aromatic rings. The molecule has 3 aliphatic rings. The van der Waals surface area contributed by atoms with Gasteiger partial charge < -0.3 is 14.8 Å². The van der Waals surface area contributed by atoms with Gasteiger partial charge in [-0.15, -0.1) is 0 Å². The number of aromatic nitrogens is 6. The normalized spacial score (nSPS) is 18.0. The lowest BCUT2D eigenvalue weighted by Gasteiger charge is -2.15. The number of likely N-dealkylation sites (tertiary alicyclic amines) is 1. The SMILES string of the molecule is O=c1c2cc(-c3c(-c4ccn(C5CC5)n4)nc4n3CCN4)ccc2ncn1CCN1CCCC1. The Morgan fingerprint density at radius 1 is 1.06 bits per heavy atom. The van der Waals surface area contributed by atoms with Crippen LogP contribution in [0.2, 0.25) is 0 Å². The molecule has 1 saturated heterocycles. The lowest BCUT2D eigenvalue weighted by atomic mass is 10.1. The van der Waals surface area contributed by atoms with Crippen LogP contribution in [0.15, 0.2) is 41.6 Å². The summed E-state index contributed by atoms with van der Waals surface area (Å²) in [6.45, 7) is 5.50. The van der Waals surface area contributed by atoms with E-state index in [9.17, 15) is 4.79 Å². The highest BCUT2D eigenvalue weighted by Crippen LogP contribution is 2.38. The Labute approximate surface area is 197 Å². The van der Waals surface area contributed by atoms with Crippen LogP contribution in [0.25, 0.3) is 33.5 Å². The van der Waals surface area contributed by atoms with Gasteiger partial charge in [0.05, 0.1) is 29.0 Å². The third-order valence-corrected chi connectivity index (χ3v) is 7.31. The Bertz CT molecular complexity index is 1440. The van der Waals surface area contributed by atoms with Crippen LogP contribution in [0.5, 0.6) is 0 Å². The topological polar surface area (TPSA) is 85.8 Å². The van der Waals surface area contributed by atoms with E-state index < -0.39 is 0 Å². The van der Waals surface area contributed by atoms with Gasteiger partial charge in [0.1, 0.15) is 11.4 Å². The van der Waals surface area contributed by atoms with Gasteiger partial charge in [-0.3, -0.25) is 14.0 Å². The number of fused-ring (bicyclic) bond motifs is 2. The molecule has 9 heteroatoms. The van der Waals surface area contributed by atoms with Gasteiger partial charge in [0.25, 0.3) is 5.56 Å². The molecule has 0 atom stereocenters. The molecule has 3 aromatic heterocycles. The van der Waals surface area contributed by atoms with Crippen LogP contribution in [0.4, 0.5) is 5.95 Å². The summed E-state index contributed by atoms with van der Waals surface area (Å²) in [7, 11) is 0. The monoisotopic (exact) mass is 456 g/mol. The minimum atomic E-state index is 0.0184. The van der Waals surface area contributed by atoms with Crippen molar-refractivity contribution in [3.8, 4) is 22.6 Å². The predicted octanol–water partition coefficient (Wildman–Crippen LogP) is 2.98. The van der Waals surface area contributed by atoms with Gasteiger partial charge in [0.2, 0.25) is 5.95 Å². The molecule has 34 heavy (non-hydrogen) atoms. The largest absolute Gasteiger partial charge is 0.354 e. The highest BCUT2D eigenvalue weighted by atomic mass is 16.1. The first-order chi connectivity index (χ1) is 16.7. The zero-order chi connectivity index (χ0) is 22.6. The maximum atomic E-state index is 13.4. The fourth-order valence-corrected chi connectivity index (χ4v) is 5.28. The van der Waals surface area contributed by atoms with Crippen molar-refractivity contribution in [2.24, 2.45) is 0 Å². The van der Waals surface area contributed by atoms with E-state index in [1.807, 2.05) is 24.3 Å². The fourth-order valence-electron chi connectivity index (χ4n) is 5.28. The van der Waals surface area contributed by atoms with E-state index in [4.69, 9.17) is 10.1 Å². The van der Waals surface area contributed by atoms with Crippen LogP contribution in [0, 0.1) is 0 Å². The second-order valence-electron chi connectivity index (χ2n) is 9.65. The summed E-state index contributed by atoms with van der Waals surface area (Å²) in [4.78, 5) is 25.3. The van der Waals surface area contributed by atoms with Crippen LogP contribution >= 0.6 is 0 Å². The minimum absolute atomic E-state index is 0.0184. The number of hydrogen-bond donors (Lipinski definition) is 1. The lowest BCUT2D eigenvalue weighted by Crippen LogP contribution is -2.29. The second kappa shape index (κ2) is 7.80. The van der Waals surface area contributed by atoms with Gasteiger partial charge in [0, 0.05) is 37.9 Å². The molecule has 0 bridgehead atoms. The summed E-state index contributed by atoms with van der Waals surface area (Å²) in [5.41, 5.74) is 4.46. The minimum Gasteiger partial charge on any atom is -0.354 e. The molecule has 7 rings (SSSR count). The number of nitrogens with zero attached hydrogens (tertiary/aromatic N) is 7. The van der Waals surface area contributed by atoms with Gasteiger partial charge in [-0.2, -0.15) is 5.10 Å². The molecular formula is C25H28N8O. The molecule has 0 spiro atoms. The third kappa shape index (κ3) is 3.34. The van der Waals surface area contributed by atoms with Crippen molar-refractivity contribution >= 4 is 16.9 Å². The van der Waals surface area contributed by atoms with E-state index in [1.165, 1.54) is 25.7 Å². The van der Waals surface area contributed by atoms with E-state index in [1.54, 1.807) is 10.9 Å². The highest BCUT2D eigenvalue weighted by Gasteiger charge is 2.28. The predicted molar refractivity (Wildman–Crippen MR) is 131 cm³/mol. The Hall–Kier alpha value is -3.46. The Balaban J connectivity index is 1.30. The summed E-state index contributed by atoms with van der Waals surface area (Å²) in [6.07, 6.45) is 8.63. The molecule has 1 N–H and O–H groups in total. The Morgan fingerprint density at radius 2 is 1.94 bits per heavy atom. The molecule has 0 unspecified atom stereocenters. The van der Waals surface area contributed by atoms with Crippen LogP contribution in [0.3, 0.4) is 0 Å². The third-order valence-electron chi connectivity index (χ3n) is 7.31. The number of imidazole rings is 1. The summed E-state index contributed by atoms with van der Waals surface area (Å²) in [5, 5.41) is 8.86. The van der Waals surface area contributed by atoms with Crippen LogP contribution in [0.1, 0.15) is 31.7 Å². The van der Waals surface area contributed by atoms with Crippen LogP contribution < -0.4 is 10.9 Å². The van der Waals surface area contributed by atoms with E-state index in [0.29, 0.717) is 18.0 Å². The van der Waals surface area contributed by atoms with Crippen molar-refractivity contribution in [3.05, 3.63) is 47.1 Å². The summed E-state index contributed by atoms with van der Waals surface area (Å²) >= 11 is 0. The van der Waals surface area contributed by atoms with Crippen molar-refractivity contribution in [1.29, 1.82) is 0 Å². The molecular weight excluding hydrogens is 428 g/mol. The molecule has 1 saturated carbocycles. The molecule has 9 nitrogen and oxygen atoms in total. The van der Waals surface area contributed by atoms with Gasteiger partial charge >= 0.3 is 0 Å². The summed E-state index contributed by atoms with van der Waals surface area (Å²) < 4.78 is 6.01. The molecule has 0 amide bonds. The average Bonchev–Trinajstić information content (AvgIpc) is 3.27. The maximum absolute atomic E-state index is 13.4. The van der Waals surface area contributed by atoms with Crippen LogP contribution in [-0.2, 0) is 13.1 Å². The van der Waals surface area contributed by atoms with E-state index in [0.717, 1.165) is 66.8 Å². The molecule has 0 radical (unpaired) electrons. The number of hydrogen-bond acceptors (Lipinski definition) is 6. The van der Waals surface area contributed by atoms with Crippen LogP contribution in [-0.4, -0.2) is 60.0 Å².